The molecular formula is C30H31NO4. The summed E-state index contributed by atoms with van der Waals surface area (Å²) in [7, 11) is 1.64. The molecule has 3 aromatic rings. The summed E-state index contributed by atoms with van der Waals surface area (Å²) >= 11 is 0. The highest BCUT2D eigenvalue weighted by Crippen LogP contribution is 2.46. The van der Waals surface area contributed by atoms with Crippen molar-refractivity contribution in [3.8, 4) is 16.9 Å². The number of piperidine rings is 2. The Hall–Kier alpha value is -3.31. The van der Waals surface area contributed by atoms with E-state index in [1.165, 1.54) is 22.3 Å². The Morgan fingerprint density at radius 3 is 2.06 bits per heavy atom. The largest absolute Gasteiger partial charge is 0.497 e. The molecule has 180 valence electrons. The average Bonchev–Trinajstić information content (AvgIpc) is 3.20. The van der Waals surface area contributed by atoms with E-state index < -0.39 is 5.60 Å². The lowest BCUT2D eigenvalue weighted by Crippen LogP contribution is -2.59. The number of nitrogens with zero attached hydrogens (tertiary/aromatic N) is 1. The molecule has 0 saturated carbocycles. The molecule has 2 bridgehead atoms. The molecule has 3 aromatic carbocycles. The number of rotatable bonds is 4. The molecule has 1 N–H and O–H groups in total. The number of benzene rings is 3. The molecule has 2 atom stereocenters. The summed E-state index contributed by atoms with van der Waals surface area (Å²) in [5.41, 5.74) is 4.83. The lowest BCUT2D eigenvalue weighted by Gasteiger charge is -2.51. The Labute approximate surface area is 206 Å². The molecule has 2 fully saturated rings. The average molecular weight is 470 g/mol. The van der Waals surface area contributed by atoms with Crippen LogP contribution in [0, 0.1) is 0 Å². The molecule has 3 aliphatic rings. The third-order valence-electron chi connectivity index (χ3n) is 8.18. The summed E-state index contributed by atoms with van der Waals surface area (Å²) in [6, 6.07) is 24.4. The van der Waals surface area contributed by atoms with Gasteiger partial charge in [0.25, 0.3) is 0 Å². The van der Waals surface area contributed by atoms with E-state index in [-0.39, 0.29) is 24.1 Å². The van der Waals surface area contributed by atoms with Crippen molar-refractivity contribution in [3.63, 3.8) is 0 Å². The van der Waals surface area contributed by atoms with Crippen LogP contribution in [0.3, 0.4) is 0 Å². The summed E-state index contributed by atoms with van der Waals surface area (Å²) in [6.07, 6.45) is 3.65. The first-order valence-electron chi connectivity index (χ1n) is 12.6. The molecule has 0 aromatic heterocycles. The van der Waals surface area contributed by atoms with E-state index in [0.717, 1.165) is 30.6 Å². The Morgan fingerprint density at radius 1 is 0.914 bits per heavy atom. The molecular weight excluding hydrogens is 438 g/mol. The maximum Gasteiger partial charge on any atom is 0.410 e. The standard InChI is InChI=1S/C30H31NO4/c1-34-23-15-13-20(14-16-23)30(33)17-21-7-6-8-22(18-30)31(21)29(32)35-19-28-26-11-4-2-9-24(26)25-10-3-5-12-27(25)28/h2-5,9-16,21-22,28,33H,6-8,17-19H2,1H3. The molecule has 6 rings (SSSR count). The third kappa shape index (κ3) is 3.79. The van der Waals surface area contributed by atoms with Crippen molar-refractivity contribution >= 4 is 6.09 Å². The topological polar surface area (TPSA) is 59.0 Å². The zero-order valence-electron chi connectivity index (χ0n) is 20.0. The van der Waals surface area contributed by atoms with E-state index in [1.807, 2.05) is 29.2 Å². The fourth-order valence-corrected chi connectivity index (χ4v) is 6.53. The van der Waals surface area contributed by atoms with E-state index in [4.69, 9.17) is 9.47 Å². The molecule has 5 nitrogen and oxygen atoms in total. The van der Waals surface area contributed by atoms with Crippen molar-refractivity contribution in [1.82, 2.24) is 4.90 Å². The van der Waals surface area contributed by atoms with Crippen molar-refractivity contribution in [3.05, 3.63) is 89.5 Å². The van der Waals surface area contributed by atoms with Crippen molar-refractivity contribution < 1.29 is 19.4 Å². The van der Waals surface area contributed by atoms with Gasteiger partial charge in [-0.1, -0.05) is 60.7 Å². The fourth-order valence-electron chi connectivity index (χ4n) is 6.53. The molecule has 1 amide bonds. The minimum absolute atomic E-state index is 0.0229. The van der Waals surface area contributed by atoms with Crippen LogP contribution in [0.15, 0.2) is 72.8 Å². The number of methoxy groups -OCH3 is 1. The predicted molar refractivity (Wildman–Crippen MR) is 134 cm³/mol. The van der Waals surface area contributed by atoms with Crippen molar-refractivity contribution in [2.45, 2.75) is 55.7 Å². The van der Waals surface area contributed by atoms with Gasteiger partial charge < -0.3 is 19.5 Å². The van der Waals surface area contributed by atoms with Crippen molar-refractivity contribution in [1.29, 1.82) is 0 Å². The third-order valence-corrected chi connectivity index (χ3v) is 8.18. The number of carbonyl (C=O) groups is 1. The minimum Gasteiger partial charge on any atom is -0.497 e. The lowest BCUT2D eigenvalue weighted by molar-refractivity contribution is -0.0891. The SMILES string of the molecule is COc1ccc(C2(O)CC3CCCC(C2)N3C(=O)OCC2c3ccccc3-c3ccccc32)cc1. The highest BCUT2D eigenvalue weighted by Gasteiger charge is 2.48. The van der Waals surface area contributed by atoms with E-state index in [2.05, 4.69) is 48.5 Å². The van der Waals surface area contributed by atoms with Crippen LogP contribution in [0.5, 0.6) is 5.75 Å². The summed E-state index contributed by atoms with van der Waals surface area (Å²) in [4.78, 5) is 15.4. The maximum absolute atomic E-state index is 13.4. The lowest BCUT2D eigenvalue weighted by atomic mass is 9.72. The van der Waals surface area contributed by atoms with Gasteiger partial charge in [0.05, 0.1) is 12.7 Å². The Morgan fingerprint density at radius 2 is 1.49 bits per heavy atom. The van der Waals surface area contributed by atoms with Crippen LogP contribution >= 0.6 is 0 Å². The van der Waals surface area contributed by atoms with Gasteiger partial charge >= 0.3 is 6.09 Å². The van der Waals surface area contributed by atoms with E-state index in [1.54, 1.807) is 7.11 Å². The second-order valence-corrected chi connectivity index (χ2v) is 10.1. The van der Waals surface area contributed by atoms with Crippen LogP contribution in [-0.4, -0.2) is 41.9 Å². The number of fused-ring (bicyclic) bond motifs is 5. The molecule has 0 radical (unpaired) electrons. The van der Waals surface area contributed by atoms with Gasteiger partial charge in [-0.3, -0.25) is 0 Å². The van der Waals surface area contributed by atoms with Gasteiger partial charge in [-0.05, 0) is 59.2 Å². The summed E-state index contributed by atoms with van der Waals surface area (Å²) in [5.74, 6) is 0.820. The van der Waals surface area contributed by atoms with Gasteiger partial charge in [0.15, 0.2) is 0 Å². The molecule has 2 heterocycles. The smallest absolute Gasteiger partial charge is 0.410 e. The highest BCUT2D eigenvalue weighted by atomic mass is 16.6. The monoisotopic (exact) mass is 469 g/mol. The van der Waals surface area contributed by atoms with Crippen molar-refractivity contribution in [2.24, 2.45) is 0 Å². The van der Waals surface area contributed by atoms with Gasteiger partial charge in [0, 0.05) is 30.8 Å². The zero-order chi connectivity index (χ0) is 24.0. The normalized spacial score (nSPS) is 25.0. The summed E-state index contributed by atoms with van der Waals surface area (Å²) in [5, 5.41) is 11.6. The first-order valence-corrected chi connectivity index (χ1v) is 12.6. The zero-order valence-corrected chi connectivity index (χ0v) is 20.0. The molecule has 5 heteroatoms. The molecule has 2 aliphatic heterocycles. The van der Waals surface area contributed by atoms with Gasteiger partial charge in [-0.2, -0.15) is 0 Å². The van der Waals surface area contributed by atoms with E-state index in [9.17, 15) is 9.90 Å². The van der Waals surface area contributed by atoms with Crippen LogP contribution in [0.2, 0.25) is 0 Å². The first kappa shape index (κ1) is 22.2. The Kier molecular flexibility index (Phi) is 5.53. The number of hydrogen-bond donors (Lipinski definition) is 1. The predicted octanol–water partition coefficient (Wildman–Crippen LogP) is 5.85. The van der Waals surface area contributed by atoms with Gasteiger partial charge in [0.1, 0.15) is 12.4 Å². The molecule has 2 unspecified atom stereocenters. The van der Waals surface area contributed by atoms with Crippen LogP contribution < -0.4 is 4.74 Å². The minimum atomic E-state index is -0.942. The van der Waals surface area contributed by atoms with Crippen LogP contribution in [0.1, 0.15) is 54.7 Å². The number of carbonyl (C=O) groups excluding carboxylic acids is 1. The van der Waals surface area contributed by atoms with Crippen LogP contribution in [0.25, 0.3) is 11.1 Å². The number of aliphatic hydroxyl groups is 1. The molecule has 1 aliphatic carbocycles. The first-order chi connectivity index (χ1) is 17.1. The Bertz CT molecular complexity index is 1180. The van der Waals surface area contributed by atoms with Gasteiger partial charge in [-0.25, -0.2) is 4.79 Å². The number of amides is 1. The fraction of sp³-hybridized carbons (Fsp3) is 0.367. The van der Waals surface area contributed by atoms with Gasteiger partial charge in [-0.15, -0.1) is 0 Å². The quantitative estimate of drug-likeness (QED) is 0.521. The summed E-state index contributed by atoms with van der Waals surface area (Å²) < 4.78 is 11.3. The van der Waals surface area contributed by atoms with E-state index >= 15 is 0 Å². The second-order valence-electron chi connectivity index (χ2n) is 10.1. The number of hydrogen-bond acceptors (Lipinski definition) is 4. The van der Waals surface area contributed by atoms with Crippen molar-refractivity contribution in [2.75, 3.05) is 13.7 Å². The van der Waals surface area contributed by atoms with E-state index in [0.29, 0.717) is 19.4 Å². The maximum atomic E-state index is 13.4. The number of ether oxygens (including phenoxy) is 2. The molecule has 35 heavy (non-hydrogen) atoms. The molecule has 2 saturated heterocycles. The van der Waals surface area contributed by atoms with Crippen LogP contribution in [0.4, 0.5) is 4.79 Å². The van der Waals surface area contributed by atoms with Gasteiger partial charge in [0.2, 0.25) is 0 Å². The highest BCUT2D eigenvalue weighted by molar-refractivity contribution is 5.79. The molecule has 0 spiro atoms. The van der Waals surface area contributed by atoms with Crippen LogP contribution in [-0.2, 0) is 10.3 Å². The Balaban J connectivity index is 1.19. The second kappa shape index (κ2) is 8.72. The summed E-state index contributed by atoms with van der Waals surface area (Å²) in [6.45, 7) is 0.325.